The highest BCUT2D eigenvalue weighted by atomic mass is 19.1. The van der Waals surface area contributed by atoms with Gasteiger partial charge >= 0.3 is 0 Å². The van der Waals surface area contributed by atoms with Crippen LogP contribution in [0.3, 0.4) is 0 Å². The maximum Gasteiger partial charge on any atom is 0.125 e. The van der Waals surface area contributed by atoms with Crippen LogP contribution in [-0.2, 0) is 13.5 Å². The van der Waals surface area contributed by atoms with Gasteiger partial charge in [-0.1, -0.05) is 19.8 Å². The Labute approximate surface area is 120 Å². The molecule has 2 rings (SSSR count). The minimum absolute atomic E-state index is 0.228. The smallest absolute Gasteiger partial charge is 0.125 e. The molecule has 1 aromatic heterocycles. The average Bonchev–Trinajstić information content (AvgIpc) is 2.72. The van der Waals surface area contributed by atoms with Crippen molar-refractivity contribution >= 4 is 11.0 Å². The van der Waals surface area contributed by atoms with Crippen LogP contribution in [0.1, 0.15) is 38.4 Å². The van der Waals surface area contributed by atoms with Gasteiger partial charge in [-0.05, 0) is 37.4 Å². The lowest BCUT2D eigenvalue weighted by Gasteiger charge is -2.14. The first-order valence-electron chi connectivity index (χ1n) is 7.46. The molecule has 0 spiro atoms. The van der Waals surface area contributed by atoms with E-state index >= 15 is 0 Å². The van der Waals surface area contributed by atoms with Gasteiger partial charge in [-0.15, -0.1) is 0 Å². The van der Waals surface area contributed by atoms with Crippen LogP contribution in [0.2, 0.25) is 0 Å². The van der Waals surface area contributed by atoms with E-state index in [1.807, 2.05) is 7.05 Å². The number of aryl methyl sites for hydroxylation is 2. The largest absolute Gasteiger partial charge is 0.331 e. The van der Waals surface area contributed by atoms with Gasteiger partial charge in [-0.2, -0.15) is 0 Å². The molecular formula is C16H24FN3. The van der Waals surface area contributed by atoms with Gasteiger partial charge in [0.1, 0.15) is 11.6 Å². The van der Waals surface area contributed by atoms with Crippen molar-refractivity contribution in [3.8, 4) is 0 Å². The third kappa shape index (κ3) is 3.37. The highest BCUT2D eigenvalue weighted by molar-refractivity contribution is 5.75. The summed E-state index contributed by atoms with van der Waals surface area (Å²) in [5, 5.41) is 0. The monoisotopic (exact) mass is 277 g/mol. The van der Waals surface area contributed by atoms with Crippen molar-refractivity contribution in [1.82, 2.24) is 9.55 Å². The first-order valence-corrected chi connectivity index (χ1v) is 7.46. The van der Waals surface area contributed by atoms with Crippen LogP contribution in [-0.4, -0.2) is 16.1 Å². The zero-order chi connectivity index (χ0) is 14.5. The third-order valence-corrected chi connectivity index (χ3v) is 3.98. The van der Waals surface area contributed by atoms with Gasteiger partial charge in [0.2, 0.25) is 0 Å². The van der Waals surface area contributed by atoms with Crippen LogP contribution < -0.4 is 5.73 Å². The van der Waals surface area contributed by atoms with Crippen molar-refractivity contribution in [1.29, 1.82) is 0 Å². The lowest BCUT2D eigenvalue weighted by atomic mass is 9.94. The van der Waals surface area contributed by atoms with Crippen LogP contribution in [0, 0.1) is 11.7 Å². The van der Waals surface area contributed by atoms with Crippen molar-refractivity contribution in [2.24, 2.45) is 18.7 Å². The summed E-state index contributed by atoms with van der Waals surface area (Å²) >= 11 is 0. The molecule has 110 valence electrons. The van der Waals surface area contributed by atoms with E-state index in [4.69, 9.17) is 5.73 Å². The molecule has 3 nitrogen and oxygen atoms in total. The second-order valence-electron chi connectivity index (χ2n) is 5.49. The van der Waals surface area contributed by atoms with E-state index in [-0.39, 0.29) is 5.82 Å². The van der Waals surface area contributed by atoms with Gasteiger partial charge in [0.05, 0.1) is 11.0 Å². The molecule has 0 aliphatic heterocycles. The number of benzene rings is 1. The number of hydrogen-bond donors (Lipinski definition) is 1. The molecule has 0 saturated heterocycles. The Balaban J connectivity index is 2.11. The van der Waals surface area contributed by atoms with E-state index < -0.39 is 0 Å². The summed E-state index contributed by atoms with van der Waals surface area (Å²) in [6.07, 6.45) is 5.52. The van der Waals surface area contributed by atoms with E-state index in [0.29, 0.717) is 5.92 Å². The van der Waals surface area contributed by atoms with Crippen molar-refractivity contribution in [3.05, 3.63) is 29.8 Å². The molecule has 0 aliphatic rings. The molecule has 1 unspecified atom stereocenters. The maximum absolute atomic E-state index is 13.2. The van der Waals surface area contributed by atoms with Crippen molar-refractivity contribution in [2.75, 3.05) is 6.54 Å². The number of rotatable bonds is 7. The molecule has 0 amide bonds. The molecule has 4 heteroatoms. The minimum Gasteiger partial charge on any atom is -0.331 e. The van der Waals surface area contributed by atoms with Crippen LogP contribution in [0.25, 0.3) is 11.0 Å². The molecule has 2 N–H and O–H groups in total. The molecule has 1 heterocycles. The van der Waals surface area contributed by atoms with Crippen molar-refractivity contribution in [3.63, 3.8) is 0 Å². The number of fused-ring (bicyclic) bond motifs is 1. The lowest BCUT2D eigenvalue weighted by Crippen LogP contribution is -2.11. The Hall–Kier alpha value is -1.42. The van der Waals surface area contributed by atoms with Gasteiger partial charge in [-0.3, -0.25) is 0 Å². The molecule has 0 radical (unpaired) electrons. The molecule has 0 aliphatic carbocycles. The second kappa shape index (κ2) is 6.84. The molecule has 0 fully saturated rings. The Kier molecular flexibility index (Phi) is 5.12. The zero-order valence-corrected chi connectivity index (χ0v) is 12.4. The summed E-state index contributed by atoms with van der Waals surface area (Å²) in [5.74, 6) is 1.47. The van der Waals surface area contributed by atoms with E-state index in [2.05, 4.69) is 16.5 Å². The molecule has 0 bridgehead atoms. The molecule has 20 heavy (non-hydrogen) atoms. The highest BCUT2D eigenvalue weighted by Gasteiger charge is 2.12. The van der Waals surface area contributed by atoms with Crippen LogP contribution in [0.4, 0.5) is 4.39 Å². The molecule has 0 saturated carbocycles. The summed E-state index contributed by atoms with van der Waals surface area (Å²) in [7, 11) is 2.00. The van der Waals surface area contributed by atoms with Gasteiger partial charge in [0.25, 0.3) is 0 Å². The predicted octanol–water partition coefficient (Wildman–Crippen LogP) is 3.41. The average molecular weight is 277 g/mol. The molecular weight excluding hydrogens is 253 g/mol. The van der Waals surface area contributed by atoms with Gasteiger partial charge in [0, 0.05) is 19.5 Å². The van der Waals surface area contributed by atoms with Gasteiger partial charge in [0.15, 0.2) is 0 Å². The Morgan fingerprint density at radius 2 is 2.10 bits per heavy atom. The standard InChI is InChI=1S/C16H24FN3/c1-3-4-12(9-10-18)5-8-16-19-14-11-13(17)6-7-15(14)20(16)2/h6-7,11-12H,3-5,8-10,18H2,1-2H3. The van der Waals surface area contributed by atoms with Crippen molar-refractivity contribution < 1.29 is 4.39 Å². The Bertz CT molecular complexity index is 556. The van der Waals surface area contributed by atoms with Crippen LogP contribution in [0.15, 0.2) is 18.2 Å². The Morgan fingerprint density at radius 3 is 2.80 bits per heavy atom. The summed E-state index contributed by atoms with van der Waals surface area (Å²) in [4.78, 5) is 4.56. The highest BCUT2D eigenvalue weighted by Crippen LogP contribution is 2.21. The van der Waals surface area contributed by atoms with Gasteiger partial charge < -0.3 is 10.3 Å². The SMILES string of the molecule is CCCC(CCN)CCc1nc2cc(F)ccc2n1C. The summed E-state index contributed by atoms with van der Waals surface area (Å²) < 4.78 is 15.3. The predicted molar refractivity (Wildman–Crippen MR) is 81.1 cm³/mol. The number of imidazole rings is 1. The maximum atomic E-state index is 13.2. The quantitative estimate of drug-likeness (QED) is 0.843. The number of hydrogen-bond acceptors (Lipinski definition) is 2. The third-order valence-electron chi connectivity index (χ3n) is 3.98. The number of nitrogens with zero attached hydrogens (tertiary/aromatic N) is 2. The van der Waals surface area contributed by atoms with E-state index in [1.165, 1.54) is 25.0 Å². The second-order valence-corrected chi connectivity index (χ2v) is 5.49. The fourth-order valence-electron chi connectivity index (χ4n) is 2.86. The molecule has 1 aromatic carbocycles. The number of aromatic nitrogens is 2. The normalized spacial score (nSPS) is 13.0. The van der Waals surface area contributed by atoms with E-state index in [1.54, 1.807) is 6.07 Å². The first-order chi connectivity index (χ1) is 9.65. The lowest BCUT2D eigenvalue weighted by molar-refractivity contribution is 0.416. The van der Waals surface area contributed by atoms with Gasteiger partial charge in [-0.25, -0.2) is 9.37 Å². The molecule has 2 aromatic rings. The van der Waals surface area contributed by atoms with Crippen LogP contribution >= 0.6 is 0 Å². The first kappa shape index (κ1) is 15.0. The number of halogens is 1. The summed E-state index contributed by atoms with van der Waals surface area (Å²) in [6.45, 7) is 2.96. The fourth-order valence-corrected chi connectivity index (χ4v) is 2.86. The fraction of sp³-hybridized carbons (Fsp3) is 0.562. The summed E-state index contributed by atoms with van der Waals surface area (Å²) in [6, 6.07) is 4.79. The zero-order valence-electron chi connectivity index (χ0n) is 12.4. The van der Waals surface area contributed by atoms with Crippen LogP contribution in [0.5, 0.6) is 0 Å². The van der Waals surface area contributed by atoms with E-state index in [9.17, 15) is 4.39 Å². The summed E-state index contributed by atoms with van der Waals surface area (Å²) in [5.41, 5.74) is 7.41. The minimum atomic E-state index is -0.228. The van der Waals surface area contributed by atoms with E-state index in [0.717, 1.165) is 42.7 Å². The van der Waals surface area contributed by atoms with Crippen molar-refractivity contribution in [2.45, 2.75) is 39.0 Å². The topological polar surface area (TPSA) is 43.8 Å². The molecule has 1 atom stereocenters. The number of nitrogens with two attached hydrogens (primary N) is 1. The Morgan fingerprint density at radius 1 is 1.30 bits per heavy atom.